The van der Waals surface area contributed by atoms with Gasteiger partial charge in [-0.2, -0.15) is 5.10 Å². The van der Waals surface area contributed by atoms with Gasteiger partial charge in [-0.3, -0.25) is 5.01 Å². The number of nitrogens with zero attached hydrogens (tertiary/aromatic N) is 2. The standard InChI is InChI=1S/C12H20N2O2/c1-10(2)12(15)16-9-6-13-14-7-4-11(3)5-8-14/h6,11H,1,4-5,7-9H2,2-3H3. The molecule has 90 valence electrons. The van der Waals surface area contributed by atoms with Crippen molar-refractivity contribution in [1.82, 2.24) is 5.01 Å². The molecule has 1 aliphatic rings. The van der Waals surface area contributed by atoms with E-state index in [1.165, 1.54) is 12.8 Å². The summed E-state index contributed by atoms with van der Waals surface area (Å²) in [4.78, 5) is 11.0. The number of hydrogen-bond donors (Lipinski definition) is 0. The van der Waals surface area contributed by atoms with Crippen molar-refractivity contribution in [1.29, 1.82) is 0 Å². The van der Waals surface area contributed by atoms with Crippen molar-refractivity contribution < 1.29 is 9.53 Å². The Kier molecular flexibility index (Phi) is 5.02. The maximum Gasteiger partial charge on any atom is 0.333 e. The molecule has 0 unspecified atom stereocenters. The van der Waals surface area contributed by atoms with Gasteiger partial charge in [0.25, 0.3) is 0 Å². The van der Waals surface area contributed by atoms with Crippen LogP contribution in [0.5, 0.6) is 0 Å². The molecule has 16 heavy (non-hydrogen) atoms. The fourth-order valence-electron chi connectivity index (χ4n) is 1.50. The molecule has 0 radical (unpaired) electrons. The summed E-state index contributed by atoms with van der Waals surface area (Å²) in [5.41, 5.74) is 0.417. The van der Waals surface area contributed by atoms with Gasteiger partial charge in [0.05, 0.1) is 6.21 Å². The largest absolute Gasteiger partial charge is 0.456 e. The van der Waals surface area contributed by atoms with Crippen molar-refractivity contribution >= 4 is 12.2 Å². The van der Waals surface area contributed by atoms with Crippen molar-refractivity contribution in [3.8, 4) is 0 Å². The maximum atomic E-state index is 11.0. The molecule has 0 atom stereocenters. The molecule has 4 heteroatoms. The first-order valence-corrected chi connectivity index (χ1v) is 5.69. The lowest BCUT2D eigenvalue weighted by atomic mass is 10.0. The molecule has 1 fully saturated rings. The van der Waals surface area contributed by atoms with E-state index >= 15 is 0 Å². The topological polar surface area (TPSA) is 41.9 Å². The van der Waals surface area contributed by atoms with E-state index in [9.17, 15) is 4.79 Å². The van der Waals surface area contributed by atoms with E-state index in [1.54, 1.807) is 13.1 Å². The predicted octanol–water partition coefficient (Wildman–Crippen LogP) is 1.82. The lowest BCUT2D eigenvalue weighted by molar-refractivity contribution is -0.137. The summed E-state index contributed by atoms with van der Waals surface area (Å²) in [6.07, 6.45) is 4.00. The third kappa shape index (κ3) is 4.47. The molecule has 0 aliphatic carbocycles. The molecule has 0 spiro atoms. The van der Waals surface area contributed by atoms with Gasteiger partial charge in [-0.05, 0) is 25.7 Å². The van der Waals surface area contributed by atoms with Crippen molar-refractivity contribution in [3.63, 3.8) is 0 Å². The summed E-state index contributed by atoms with van der Waals surface area (Å²) in [6.45, 7) is 9.60. The third-order valence-electron chi connectivity index (χ3n) is 2.64. The Morgan fingerprint density at radius 2 is 2.19 bits per heavy atom. The normalized spacial score (nSPS) is 17.8. The Bertz CT molecular complexity index is 279. The number of ether oxygens (including phenoxy) is 1. The van der Waals surface area contributed by atoms with Crippen LogP contribution in [-0.4, -0.2) is 36.9 Å². The van der Waals surface area contributed by atoms with Crippen LogP contribution in [0.4, 0.5) is 0 Å². The lowest BCUT2D eigenvalue weighted by Crippen LogP contribution is -2.28. The number of rotatable bonds is 4. The summed E-state index contributed by atoms with van der Waals surface area (Å²) in [7, 11) is 0. The zero-order valence-corrected chi connectivity index (χ0v) is 10.1. The highest BCUT2D eigenvalue weighted by Gasteiger charge is 2.13. The summed E-state index contributed by atoms with van der Waals surface area (Å²) >= 11 is 0. The van der Waals surface area contributed by atoms with Gasteiger partial charge in [0.1, 0.15) is 6.61 Å². The highest BCUT2D eigenvalue weighted by Crippen LogP contribution is 2.15. The Balaban J connectivity index is 2.17. The quantitative estimate of drug-likeness (QED) is 0.415. The first-order chi connectivity index (χ1) is 7.59. The second-order valence-corrected chi connectivity index (χ2v) is 4.31. The molecule has 0 bridgehead atoms. The number of hydrazone groups is 1. The molecule has 1 heterocycles. The van der Waals surface area contributed by atoms with Crippen LogP contribution in [0.1, 0.15) is 26.7 Å². The van der Waals surface area contributed by atoms with E-state index < -0.39 is 0 Å². The van der Waals surface area contributed by atoms with Crippen molar-refractivity contribution in [2.45, 2.75) is 26.7 Å². The minimum absolute atomic E-state index is 0.220. The van der Waals surface area contributed by atoms with Crippen molar-refractivity contribution in [2.75, 3.05) is 19.7 Å². The molecule has 1 rings (SSSR count). The average Bonchev–Trinajstić information content (AvgIpc) is 2.26. The zero-order valence-electron chi connectivity index (χ0n) is 10.1. The summed E-state index contributed by atoms with van der Waals surface area (Å²) in [6, 6.07) is 0. The fraction of sp³-hybridized carbons (Fsp3) is 0.667. The first-order valence-electron chi connectivity index (χ1n) is 5.69. The number of carbonyl (C=O) groups is 1. The average molecular weight is 224 g/mol. The molecule has 0 amide bonds. The van der Waals surface area contributed by atoms with Gasteiger partial charge in [0, 0.05) is 18.7 Å². The summed E-state index contributed by atoms with van der Waals surface area (Å²) in [5, 5.41) is 6.27. The minimum atomic E-state index is -0.362. The smallest absolute Gasteiger partial charge is 0.333 e. The van der Waals surface area contributed by atoms with Crippen LogP contribution in [-0.2, 0) is 9.53 Å². The molecule has 0 saturated carbocycles. The predicted molar refractivity (Wildman–Crippen MR) is 64.2 cm³/mol. The van der Waals surface area contributed by atoms with E-state index in [0.717, 1.165) is 19.0 Å². The second-order valence-electron chi connectivity index (χ2n) is 4.31. The van der Waals surface area contributed by atoms with E-state index in [0.29, 0.717) is 5.57 Å². The molecule has 1 saturated heterocycles. The Hall–Kier alpha value is -1.32. The number of esters is 1. The molecule has 1 aliphatic heterocycles. The number of carbonyl (C=O) groups excluding carboxylic acids is 1. The molecule has 0 aromatic carbocycles. The van der Waals surface area contributed by atoms with E-state index in [2.05, 4.69) is 18.6 Å². The van der Waals surface area contributed by atoms with Gasteiger partial charge in [-0.15, -0.1) is 0 Å². The van der Waals surface area contributed by atoms with E-state index in [4.69, 9.17) is 4.74 Å². The van der Waals surface area contributed by atoms with Crippen LogP contribution in [0, 0.1) is 5.92 Å². The highest BCUT2D eigenvalue weighted by molar-refractivity contribution is 5.87. The Morgan fingerprint density at radius 3 is 2.75 bits per heavy atom. The number of hydrogen-bond acceptors (Lipinski definition) is 4. The molecule has 0 N–H and O–H groups in total. The van der Waals surface area contributed by atoms with Gasteiger partial charge in [-0.25, -0.2) is 4.79 Å². The van der Waals surface area contributed by atoms with Crippen LogP contribution in [0.25, 0.3) is 0 Å². The highest BCUT2D eigenvalue weighted by atomic mass is 16.5. The molecular weight excluding hydrogens is 204 g/mol. The second kappa shape index (κ2) is 6.30. The minimum Gasteiger partial charge on any atom is -0.456 e. The van der Waals surface area contributed by atoms with Gasteiger partial charge < -0.3 is 4.74 Å². The van der Waals surface area contributed by atoms with Crippen LogP contribution in [0.3, 0.4) is 0 Å². The molecule has 0 aromatic rings. The van der Waals surface area contributed by atoms with Crippen LogP contribution in [0.15, 0.2) is 17.3 Å². The molecule has 0 aromatic heterocycles. The van der Waals surface area contributed by atoms with Crippen LogP contribution in [0.2, 0.25) is 0 Å². The summed E-state index contributed by atoms with van der Waals surface area (Å²) in [5.74, 6) is 0.436. The zero-order chi connectivity index (χ0) is 12.0. The Labute approximate surface area is 97.0 Å². The van der Waals surface area contributed by atoms with E-state index in [-0.39, 0.29) is 12.6 Å². The van der Waals surface area contributed by atoms with Crippen molar-refractivity contribution in [3.05, 3.63) is 12.2 Å². The van der Waals surface area contributed by atoms with Gasteiger partial charge in [0.2, 0.25) is 0 Å². The monoisotopic (exact) mass is 224 g/mol. The number of piperidine rings is 1. The first kappa shape index (κ1) is 12.7. The Morgan fingerprint density at radius 1 is 1.56 bits per heavy atom. The van der Waals surface area contributed by atoms with Gasteiger partial charge in [-0.1, -0.05) is 13.5 Å². The van der Waals surface area contributed by atoms with Crippen LogP contribution >= 0.6 is 0 Å². The fourth-order valence-corrected chi connectivity index (χ4v) is 1.50. The van der Waals surface area contributed by atoms with Crippen LogP contribution < -0.4 is 0 Å². The van der Waals surface area contributed by atoms with Gasteiger partial charge in [0.15, 0.2) is 0 Å². The molecule has 4 nitrogen and oxygen atoms in total. The third-order valence-corrected chi connectivity index (χ3v) is 2.64. The van der Waals surface area contributed by atoms with Gasteiger partial charge >= 0.3 is 5.97 Å². The SMILES string of the molecule is C=C(C)C(=O)OCC=NN1CCC(C)CC1. The lowest BCUT2D eigenvalue weighted by Gasteiger charge is -2.27. The molecular formula is C12H20N2O2. The summed E-state index contributed by atoms with van der Waals surface area (Å²) < 4.78 is 4.90. The maximum absolute atomic E-state index is 11.0. The van der Waals surface area contributed by atoms with E-state index in [1.807, 2.05) is 5.01 Å². The van der Waals surface area contributed by atoms with Crippen molar-refractivity contribution in [2.24, 2.45) is 11.0 Å².